The van der Waals surface area contributed by atoms with Crippen molar-refractivity contribution in [3.8, 4) is 6.07 Å². The molecule has 1 unspecified atom stereocenters. The highest BCUT2D eigenvalue weighted by Gasteiger charge is 2.25. The molecule has 3 aromatic heterocycles. The number of rotatable bonds is 16. The normalized spacial score (nSPS) is 15.0. The molecule has 54 heavy (non-hydrogen) atoms. The van der Waals surface area contributed by atoms with Crippen molar-refractivity contribution in [3.05, 3.63) is 94.3 Å². The van der Waals surface area contributed by atoms with Crippen LogP contribution in [0.1, 0.15) is 93.6 Å². The van der Waals surface area contributed by atoms with Crippen molar-refractivity contribution in [2.24, 2.45) is 5.92 Å². The molecule has 5 aromatic rings. The number of likely N-dealkylation sites (N-methyl/N-ethyl adjacent to an activating group) is 1. The molecule has 1 aliphatic rings. The second-order valence-electron chi connectivity index (χ2n) is 15.1. The van der Waals surface area contributed by atoms with E-state index >= 15 is 0 Å². The molecule has 1 amide bonds. The minimum Gasteiger partial charge on any atom is -0.444 e. The highest BCUT2D eigenvalue weighted by molar-refractivity contribution is 8.00. The number of hydrogen-bond donors (Lipinski definition) is 1. The maximum absolute atomic E-state index is 13.5. The monoisotopic (exact) mass is 781 g/mol. The number of likely N-dealkylation sites (tertiary alicyclic amines) is 1. The summed E-state index contributed by atoms with van der Waals surface area (Å²) in [6.07, 6.45) is 11.7. The third-order valence-electron chi connectivity index (χ3n) is 9.95. The first kappa shape index (κ1) is 39.7. The van der Waals surface area contributed by atoms with Gasteiger partial charge in [-0.2, -0.15) is 5.26 Å². The van der Waals surface area contributed by atoms with E-state index in [2.05, 4.69) is 83.2 Å². The number of carbonyl (C=O) groups is 1. The van der Waals surface area contributed by atoms with Crippen LogP contribution in [0.25, 0.3) is 16.3 Å². The Bertz CT molecular complexity index is 2010. The lowest BCUT2D eigenvalue weighted by Gasteiger charge is -2.32. The number of nitrogens with one attached hydrogen (secondary N) is 1. The van der Waals surface area contributed by atoms with Gasteiger partial charge in [0.25, 0.3) is 5.91 Å². The Morgan fingerprint density at radius 2 is 1.91 bits per heavy atom. The van der Waals surface area contributed by atoms with E-state index in [4.69, 9.17) is 4.42 Å². The van der Waals surface area contributed by atoms with Crippen LogP contribution in [0.4, 0.5) is 5.13 Å². The summed E-state index contributed by atoms with van der Waals surface area (Å²) in [5.74, 6) is 2.76. The number of amides is 1. The largest absolute Gasteiger partial charge is 0.444 e. The second-order valence-corrected chi connectivity index (χ2v) is 18.4. The van der Waals surface area contributed by atoms with Crippen LogP contribution < -0.4 is 5.32 Å². The van der Waals surface area contributed by atoms with Crippen LogP contribution in [0.3, 0.4) is 0 Å². The van der Waals surface area contributed by atoms with Crippen LogP contribution in [0.2, 0.25) is 0 Å². The molecule has 284 valence electrons. The van der Waals surface area contributed by atoms with Crippen molar-refractivity contribution in [1.82, 2.24) is 24.8 Å². The first-order valence-corrected chi connectivity index (χ1v) is 21.5. The number of piperidine rings is 1. The van der Waals surface area contributed by atoms with Gasteiger partial charge in [-0.15, -0.1) is 23.1 Å². The molecular formula is C42H51N7O2S3. The molecular weight excluding hydrogens is 731 g/mol. The predicted octanol–water partition coefficient (Wildman–Crippen LogP) is 9.99. The molecule has 0 radical (unpaired) electrons. The van der Waals surface area contributed by atoms with Gasteiger partial charge in [0.1, 0.15) is 22.4 Å². The van der Waals surface area contributed by atoms with Gasteiger partial charge in [-0.1, -0.05) is 81.9 Å². The summed E-state index contributed by atoms with van der Waals surface area (Å²) < 4.78 is 8.13. The Morgan fingerprint density at radius 3 is 2.61 bits per heavy atom. The molecule has 0 bridgehead atoms. The average molecular weight is 782 g/mol. The highest BCUT2D eigenvalue weighted by Crippen LogP contribution is 2.33. The van der Waals surface area contributed by atoms with E-state index in [9.17, 15) is 10.1 Å². The Morgan fingerprint density at radius 1 is 1.13 bits per heavy atom. The summed E-state index contributed by atoms with van der Waals surface area (Å²) in [7, 11) is 1.80. The van der Waals surface area contributed by atoms with Crippen molar-refractivity contribution >= 4 is 61.8 Å². The minimum atomic E-state index is -0.278. The lowest BCUT2D eigenvalue weighted by atomic mass is 9.94. The summed E-state index contributed by atoms with van der Waals surface area (Å²) >= 11 is 4.90. The summed E-state index contributed by atoms with van der Waals surface area (Å²) in [6, 6.07) is 18.6. The van der Waals surface area contributed by atoms with Crippen LogP contribution in [0.15, 0.2) is 75.1 Å². The number of aromatic nitrogens is 3. The van der Waals surface area contributed by atoms with Gasteiger partial charge in [-0.3, -0.25) is 4.79 Å². The molecule has 1 saturated heterocycles. The van der Waals surface area contributed by atoms with Gasteiger partial charge < -0.3 is 19.5 Å². The number of aryl methyl sites for hydroxylation is 1. The Labute approximate surface area is 331 Å². The number of benzene rings is 2. The van der Waals surface area contributed by atoms with Crippen LogP contribution in [-0.2, 0) is 22.4 Å². The fraction of sp³-hybridized carbons (Fsp3) is 0.452. The van der Waals surface area contributed by atoms with Crippen molar-refractivity contribution in [3.63, 3.8) is 0 Å². The van der Waals surface area contributed by atoms with Crippen LogP contribution in [0.5, 0.6) is 0 Å². The maximum Gasteiger partial charge on any atom is 0.264 e. The van der Waals surface area contributed by atoms with Gasteiger partial charge in [0.15, 0.2) is 5.13 Å². The molecule has 6 rings (SSSR count). The van der Waals surface area contributed by atoms with E-state index in [1.165, 1.54) is 34.0 Å². The summed E-state index contributed by atoms with van der Waals surface area (Å²) in [4.78, 5) is 31.5. The summed E-state index contributed by atoms with van der Waals surface area (Å²) in [5.41, 5.74) is 3.35. The van der Waals surface area contributed by atoms with Crippen LogP contribution >= 0.6 is 34.4 Å². The van der Waals surface area contributed by atoms with E-state index in [1.54, 1.807) is 41.1 Å². The number of carbonyl (C=O) groups excluding carboxylic acids is 1. The third-order valence-corrected chi connectivity index (χ3v) is 13.1. The van der Waals surface area contributed by atoms with Gasteiger partial charge in [0.05, 0.1) is 38.6 Å². The number of fused-ring (bicyclic) bond motifs is 1. The number of para-hydroxylation sites is 1. The SMILES string of the molecule is CCCC(c1ccc(CCCN2CCC(CNc3ncc(SCc4ncc(C(C)(C)C)o4)s3)CC2)cc1)N(C)C(=O)/C(C#N)=C/c1nc2ccccc2s1. The zero-order chi connectivity index (χ0) is 38.1. The van der Waals surface area contributed by atoms with E-state index < -0.39 is 0 Å². The molecule has 1 fully saturated rings. The Balaban J connectivity index is 0.912. The van der Waals surface area contributed by atoms with Crippen molar-refractivity contribution in [1.29, 1.82) is 5.26 Å². The highest BCUT2D eigenvalue weighted by atomic mass is 32.2. The number of hydrogen-bond acceptors (Lipinski definition) is 11. The molecule has 0 saturated carbocycles. The van der Waals surface area contributed by atoms with E-state index in [-0.39, 0.29) is 22.9 Å². The molecule has 4 heterocycles. The predicted molar refractivity (Wildman–Crippen MR) is 223 cm³/mol. The Kier molecular flexibility index (Phi) is 13.6. The van der Waals surface area contributed by atoms with Gasteiger partial charge in [-0.25, -0.2) is 15.0 Å². The van der Waals surface area contributed by atoms with Crippen molar-refractivity contribution in [2.45, 2.75) is 87.6 Å². The lowest BCUT2D eigenvalue weighted by molar-refractivity contribution is -0.127. The summed E-state index contributed by atoms with van der Waals surface area (Å²) in [6.45, 7) is 12.9. The smallest absolute Gasteiger partial charge is 0.264 e. The lowest BCUT2D eigenvalue weighted by Crippen LogP contribution is -2.36. The van der Waals surface area contributed by atoms with Crippen molar-refractivity contribution < 1.29 is 9.21 Å². The van der Waals surface area contributed by atoms with E-state index in [1.807, 2.05) is 36.7 Å². The fourth-order valence-corrected chi connectivity index (χ4v) is 9.37. The number of anilines is 1. The summed E-state index contributed by atoms with van der Waals surface area (Å²) in [5, 5.41) is 15.2. The fourth-order valence-electron chi connectivity index (χ4n) is 6.73. The van der Waals surface area contributed by atoms with Gasteiger partial charge >= 0.3 is 0 Å². The molecule has 12 heteroatoms. The van der Waals surface area contributed by atoms with Crippen LogP contribution in [0, 0.1) is 17.2 Å². The van der Waals surface area contributed by atoms with Gasteiger partial charge in [0, 0.05) is 19.0 Å². The molecule has 0 aliphatic carbocycles. The topological polar surface area (TPSA) is 111 Å². The minimum absolute atomic E-state index is 0.0339. The van der Waals surface area contributed by atoms with E-state index in [0.29, 0.717) is 16.7 Å². The van der Waals surface area contributed by atoms with Crippen molar-refractivity contribution in [2.75, 3.05) is 38.5 Å². The number of nitrogens with zero attached hydrogens (tertiary/aromatic N) is 6. The molecule has 1 aliphatic heterocycles. The molecule has 2 aromatic carbocycles. The molecule has 9 nitrogen and oxygen atoms in total. The van der Waals surface area contributed by atoms with E-state index in [0.717, 1.165) is 84.4 Å². The number of thioether (sulfide) groups is 1. The first-order chi connectivity index (χ1) is 26.1. The zero-order valence-corrected chi connectivity index (χ0v) is 34.5. The standard InChI is InChI=1S/C42H51N7O2S3/c1-6-10-34(48(5)40(50)32(24-43)23-38-47-33-12-7-8-13-35(33)53-38)31-16-14-29(15-17-31)11-9-20-49-21-18-30(19-22-49)25-45-41-46-27-39(54-41)52-28-37-44-26-36(51-37)42(2,3)4/h7-8,12-17,23,26-27,30,34H,6,9-11,18-22,25,28H2,1-5H3,(H,45,46)/b32-23+. The first-order valence-electron chi connectivity index (χ1n) is 18.9. The second kappa shape index (κ2) is 18.5. The quantitative estimate of drug-likeness (QED) is 0.0594. The zero-order valence-electron chi connectivity index (χ0n) is 32.0. The Hall–Kier alpha value is -4.02. The number of oxazole rings is 1. The number of nitriles is 1. The number of thiazole rings is 2. The third kappa shape index (κ3) is 10.6. The van der Waals surface area contributed by atoms with Crippen LogP contribution in [-0.4, -0.2) is 63.9 Å². The van der Waals surface area contributed by atoms with Gasteiger partial charge in [-0.05, 0) is 87.0 Å². The molecule has 0 spiro atoms. The molecule has 1 N–H and O–H groups in total. The maximum atomic E-state index is 13.5. The van der Waals surface area contributed by atoms with Gasteiger partial charge in [0.2, 0.25) is 5.89 Å². The average Bonchev–Trinajstić information content (AvgIpc) is 3.95. The molecule has 1 atom stereocenters.